The fourth-order valence-corrected chi connectivity index (χ4v) is 4.14. The van der Waals surface area contributed by atoms with Crippen LogP contribution < -0.4 is 5.32 Å². The van der Waals surface area contributed by atoms with Crippen LogP contribution in [-0.4, -0.2) is 23.0 Å². The molecule has 20 heavy (non-hydrogen) atoms. The van der Waals surface area contributed by atoms with Crippen LogP contribution in [0.5, 0.6) is 0 Å². The standard InChI is InChI=1S/C16H27NO3/c1-14(2,13(19)20)9-12(18)17-11-8-10-6-7-16(11,5)15(10,3)4/h10-11H,6-9H2,1-5H3,(H,17,18)(H,19,20). The van der Waals surface area contributed by atoms with Gasteiger partial charge in [-0.2, -0.15) is 0 Å². The molecule has 0 spiro atoms. The largest absolute Gasteiger partial charge is 0.481 e. The lowest BCUT2D eigenvalue weighted by Gasteiger charge is -2.39. The smallest absolute Gasteiger partial charge is 0.309 e. The van der Waals surface area contributed by atoms with Crippen LogP contribution in [0, 0.1) is 22.2 Å². The van der Waals surface area contributed by atoms with Gasteiger partial charge in [0.2, 0.25) is 5.91 Å². The number of nitrogens with one attached hydrogen (secondary N) is 1. The van der Waals surface area contributed by atoms with E-state index >= 15 is 0 Å². The number of aliphatic carboxylic acids is 1. The highest BCUT2D eigenvalue weighted by atomic mass is 16.4. The first kappa shape index (κ1) is 15.3. The van der Waals surface area contributed by atoms with Crippen molar-refractivity contribution in [3.05, 3.63) is 0 Å². The van der Waals surface area contributed by atoms with Crippen molar-refractivity contribution >= 4 is 11.9 Å². The molecule has 0 saturated heterocycles. The predicted molar refractivity (Wildman–Crippen MR) is 77.2 cm³/mol. The first-order valence-electron chi connectivity index (χ1n) is 7.53. The Kier molecular flexibility index (Phi) is 3.43. The quantitative estimate of drug-likeness (QED) is 0.832. The van der Waals surface area contributed by atoms with Gasteiger partial charge in [0, 0.05) is 12.5 Å². The van der Waals surface area contributed by atoms with E-state index in [4.69, 9.17) is 5.11 Å². The Morgan fingerprint density at radius 3 is 2.30 bits per heavy atom. The fourth-order valence-electron chi connectivity index (χ4n) is 4.14. The maximum atomic E-state index is 12.2. The third-order valence-corrected chi connectivity index (χ3v) is 6.31. The molecule has 2 aliphatic rings. The van der Waals surface area contributed by atoms with E-state index in [1.165, 1.54) is 6.42 Å². The Labute approximate surface area is 121 Å². The number of carbonyl (C=O) groups is 2. The summed E-state index contributed by atoms with van der Waals surface area (Å²) in [6, 6.07) is 0.188. The molecule has 0 aromatic heterocycles. The number of carboxylic acid groups (broad SMARTS) is 1. The lowest BCUT2D eigenvalue weighted by atomic mass is 9.69. The Morgan fingerprint density at radius 1 is 1.30 bits per heavy atom. The first-order valence-corrected chi connectivity index (χ1v) is 7.53. The number of hydrogen-bond acceptors (Lipinski definition) is 2. The fraction of sp³-hybridized carbons (Fsp3) is 0.875. The predicted octanol–water partition coefficient (Wildman–Crippen LogP) is 2.82. The second-order valence-corrected chi connectivity index (χ2v) is 8.10. The van der Waals surface area contributed by atoms with E-state index in [-0.39, 0.29) is 29.2 Å². The summed E-state index contributed by atoms with van der Waals surface area (Å²) in [6.45, 7) is 10.1. The molecule has 1 amide bonds. The lowest BCUT2D eigenvalue weighted by molar-refractivity contribution is -0.149. The summed E-state index contributed by atoms with van der Waals surface area (Å²) in [5.41, 5.74) is -0.605. The van der Waals surface area contributed by atoms with Gasteiger partial charge < -0.3 is 10.4 Å². The first-order chi connectivity index (χ1) is 9.00. The minimum Gasteiger partial charge on any atom is -0.481 e. The second kappa shape index (κ2) is 4.47. The van der Waals surface area contributed by atoms with Crippen molar-refractivity contribution < 1.29 is 14.7 Å². The molecule has 4 nitrogen and oxygen atoms in total. The maximum absolute atomic E-state index is 12.2. The average molecular weight is 281 g/mol. The van der Waals surface area contributed by atoms with Crippen molar-refractivity contribution in [2.75, 3.05) is 0 Å². The minimum absolute atomic E-state index is 0.0417. The van der Waals surface area contributed by atoms with Gasteiger partial charge in [0.15, 0.2) is 0 Å². The van der Waals surface area contributed by atoms with Crippen LogP contribution >= 0.6 is 0 Å². The van der Waals surface area contributed by atoms with Gasteiger partial charge in [0.05, 0.1) is 5.41 Å². The molecular weight excluding hydrogens is 254 g/mol. The van der Waals surface area contributed by atoms with Crippen LogP contribution in [0.3, 0.4) is 0 Å². The van der Waals surface area contributed by atoms with Crippen LogP contribution in [0.1, 0.15) is 60.3 Å². The Balaban J connectivity index is 2.03. The van der Waals surface area contributed by atoms with Crippen LogP contribution in [0.4, 0.5) is 0 Å². The zero-order valence-electron chi connectivity index (χ0n) is 13.2. The van der Waals surface area contributed by atoms with Crippen molar-refractivity contribution in [1.82, 2.24) is 5.32 Å². The number of fused-ring (bicyclic) bond motifs is 2. The Bertz CT molecular complexity index is 441. The molecule has 0 aromatic carbocycles. The summed E-state index contributed by atoms with van der Waals surface area (Å²) in [5.74, 6) is -0.385. The summed E-state index contributed by atoms with van der Waals surface area (Å²) in [5, 5.41) is 12.2. The third-order valence-electron chi connectivity index (χ3n) is 6.31. The van der Waals surface area contributed by atoms with E-state index in [1.54, 1.807) is 13.8 Å². The van der Waals surface area contributed by atoms with Gasteiger partial charge in [-0.1, -0.05) is 20.8 Å². The number of carboxylic acids is 1. The van der Waals surface area contributed by atoms with E-state index in [9.17, 15) is 9.59 Å². The zero-order valence-corrected chi connectivity index (χ0v) is 13.2. The zero-order chi connectivity index (χ0) is 15.3. The highest BCUT2D eigenvalue weighted by Crippen LogP contribution is 2.65. The van der Waals surface area contributed by atoms with Crippen molar-refractivity contribution in [3.8, 4) is 0 Å². The van der Waals surface area contributed by atoms with Gasteiger partial charge in [0.1, 0.15) is 0 Å². The lowest BCUT2D eigenvalue weighted by Crippen LogP contribution is -2.48. The van der Waals surface area contributed by atoms with Crippen molar-refractivity contribution in [1.29, 1.82) is 0 Å². The highest BCUT2D eigenvalue weighted by molar-refractivity contribution is 5.84. The van der Waals surface area contributed by atoms with Crippen molar-refractivity contribution in [2.45, 2.75) is 66.3 Å². The van der Waals surface area contributed by atoms with Crippen molar-refractivity contribution in [2.24, 2.45) is 22.2 Å². The Morgan fingerprint density at radius 2 is 1.90 bits per heavy atom. The number of rotatable bonds is 4. The average Bonchev–Trinajstić information content (AvgIpc) is 2.61. The maximum Gasteiger partial charge on any atom is 0.309 e. The monoisotopic (exact) mass is 281 g/mol. The number of carbonyl (C=O) groups excluding carboxylic acids is 1. The van der Waals surface area contributed by atoms with Gasteiger partial charge in [0.25, 0.3) is 0 Å². The molecule has 2 aliphatic carbocycles. The molecule has 0 aliphatic heterocycles. The van der Waals surface area contributed by atoms with Gasteiger partial charge in [-0.05, 0) is 49.9 Å². The molecule has 2 bridgehead atoms. The third kappa shape index (κ3) is 2.13. The van der Waals surface area contributed by atoms with Gasteiger partial charge in [-0.25, -0.2) is 0 Å². The molecule has 114 valence electrons. The van der Waals surface area contributed by atoms with Crippen LogP contribution in [0.2, 0.25) is 0 Å². The van der Waals surface area contributed by atoms with Gasteiger partial charge >= 0.3 is 5.97 Å². The summed E-state index contributed by atoms with van der Waals surface area (Å²) in [7, 11) is 0. The molecular formula is C16H27NO3. The SMILES string of the molecule is CC(C)(CC(=O)NC1CC2CCC1(C)C2(C)C)C(=O)O. The molecule has 3 atom stereocenters. The van der Waals surface area contributed by atoms with Crippen LogP contribution in [-0.2, 0) is 9.59 Å². The topological polar surface area (TPSA) is 66.4 Å². The van der Waals surface area contributed by atoms with E-state index in [0.717, 1.165) is 12.8 Å². The van der Waals surface area contributed by atoms with E-state index in [1.807, 2.05) is 0 Å². The Hall–Kier alpha value is -1.06. The number of hydrogen-bond donors (Lipinski definition) is 2. The molecule has 0 radical (unpaired) electrons. The summed E-state index contributed by atoms with van der Waals surface area (Å²) < 4.78 is 0. The molecule has 2 N–H and O–H groups in total. The molecule has 2 fully saturated rings. The van der Waals surface area contributed by atoms with E-state index in [2.05, 4.69) is 26.1 Å². The minimum atomic E-state index is -1.00. The summed E-state index contributed by atoms with van der Waals surface area (Å²) >= 11 is 0. The summed E-state index contributed by atoms with van der Waals surface area (Å²) in [6.07, 6.45) is 3.47. The second-order valence-electron chi connectivity index (χ2n) is 8.10. The molecule has 0 heterocycles. The summed E-state index contributed by atoms with van der Waals surface area (Å²) in [4.78, 5) is 23.3. The normalized spacial score (nSPS) is 35.0. The van der Waals surface area contributed by atoms with Gasteiger partial charge in [-0.15, -0.1) is 0 Å². The van der Waals surface area contributed by atoms with Gasteiger partial charge in [-0.3, -0.25) is 9.59 Å². The molecule has 3 unspecified atom stereocenters. The molecule has 2 rings (SSSR count). The van der Waals surface area contributed by atoms with Crippen LogP contribution in [0.25, 0.3) is 0 Å². The number of amides is 1. The molecule has 0 aromatic rings. The van der Waals surface area contributed by atoms with E-state index in [0.29, 0.717) is 5.92 Å². The highest BCUT2D eigenvalue weighted by Gasteiger charge is 2.61. The van der Waals surface area contributed by atoms with Crippen LogP contribution in [0.15, 0.2) is 0 Å². The van der Waals surface area contributed by atoms with Crippen molar-refractivity contribution in [3.63, 3.8) is 0 Å². The molecule has 2 saturated carbocycles. The van der Waals surface area contributed by atoms with E-state index < -0.39 is 11.4 Å². The molecule has 4 heteroatoms.